The van der Waals surface area contributed by atoms with Crippen molar-refractivity contribution in [2.45, 2.75) is 19.4 Å². The van der Waals surface area contributed by atoms with E-state index in [9.17, 15) is 4.79 Å². The lowest BCUT2D eigenvalue weighted by Crippen LogP contribution is -2.37. The van der Waals surface area contributed by atoms with Gasteiger partial charge in [0.05, 0.1) is 9.70 Å². The molecule has 1 aromatic heterocycles. The van der Waals surface area contributed by atoms with Crippen molar-refractivity contribution >= 4 is 33.2 Å². The third kappa shape index (κ3) is 3.06. The van der Waals surface area contributed by atoms with Gasteiger partial charge in [-0.05, 0) is 47.4 Å². The smallest absolute Gasteiger partial charge is 0.307 e. The summed E-state index contributed by atoms with van der Waals surface area (Å²) in [5.41, 5.74) is 0. The molecular formula is C11H14BrNO2S. The summed E-state index contributed by atoms with van der Waals surface area (Å²) in [6.45, 7) is 2.57. The Kier molecular flexibility index (Phi) is 4.00. The molecule has 1 aliphatic heterocycles. The molecule has 1 aliphatic rings. The van der Waals surface area contributed by atoms with Crippen molar-refractivity contribution in [3.05, 3.63) is 20.8 Å². The van der Waals surface area contributed by atoms with Gasteiger partial charge in [-0.3, -0.25) is 9.69 Å². The number of nitrogens with zero attached hydrogens (tertiary/aromatic N) is 1. The number of carboxylic acid groups (broad SMARTS) is 1. The number of hydrogen-bond donors (Lipinski definition) is 1. The number of hydrogen-bond acceptors (Lipinski definition) is 3. The van der Waals surface area contributed by atoms with E-state index in [0.717, 1.165) is 29.7 Å². The minimum atomic E-state index is -0.655. The van der Waals surface area contributed by atoms with Crippen LogP contribution in [0.2, 0.25) is 0 Å². The number of rotatable bonds is 3. The lowest BCUT2D eigenvalue weighted by atomic mass is 9.98. The first kappa shape index (κ1) is 12.1. The largest absolute Gasteiger partial charge is 0.481 e. The third-order valence-corrected chi connectivity index (χ3v) is 4.47. The van der Waals surface area contributed by atoms with E-state index in [1.807, 2.05) is 6.07 Å². The second-order valence-corrected chi connectivity index (χ2v) is 6.67. The second kappa shape index (κ2) is 5.29. The minimum Gasteiger partial charge on any atom is -0.481 e. The Morgan fingerprint density at radius 3 is 3.06 bits per heavy atom. The molecule has 0 spiro atoms. The van der Waals surface area contributed by atoms with E-state index in [-0.39, 0.29) is 5.92 Å². The van der Waals surface area contributed by atoms with Gasteiger partial charge in [-0.2, -0.15) is 0 Å². The average molecular weight is 304 g/mol. The van der Waals surface area contributed by atoms with Crippen LogP contribution in [0.1, 0.15) is 17.7 Å². The van der Waals surface area contributed by atoms with Gasteiger partial charge in [0.2, 0.25) is 0 Å². The normalized spacial score (nSPS) is 22.2. The molecule has 2 heterocycles. The number of thiophene rings is 1. The van der Waals surface area contributed by atoms with Crippen LogP contribution < -0.4 is 0 Å². The van der Waals surface area contributed by atoms with Gasteiger partial charge < -0.3 is 5.11 Å². The predicted octanol–water partition coefficient (Wildman–Crippen LogP) is 2.81. The van der Waals surface area contributed by atoms with Crippen LogP contribution >= 0.6 is 27.3 Å². The summed E-state index contributed by atoms with van der Waals surface area (Å²) in [5, 5.41) is 8.99. The molecule has 3 nitrogen and oxygen atoms in total. The summed E-state index contributed by atoms with van der Waals surface area (Å²) in [4.78, 5) is 14.5. The SMILES string of the molecule is O=C(O)[C@@H]1CCCN(Cc2ccc(Br)s2)C1. The Morgan fingerprint density at radius 1 is 1.62 bits per heavy atom. The van der Waals surface area contributed by atoms with Crippen LogP contribution in [0.3, 0.4) is 0 Å². The van der Waals surface area contributed by atoms with Crippen molar-refractivity contribution in [2.24, 2.45) is 5.92 Å². The molecule has 0 bridgehead atoms. The third-order valence-electron chi connectivity index (χ3n) is 2.86. The number of carbonyl (C=O) groups is 1. The van der Waals surface area contributed by atoms with Gasteiger partial charge >= 0.3 is 5.97 Å². The summed E-state index contributed by atoms with van der Waals surface area (Å²) < 4.78 is 1.13. The molecule has 5 heteroatoms. The monoisotopic (exact) mass is 303 g/mol. The van der Waals surface area contributed by atoms with Crippen molar-refractivity contribution < 1.29 is 9.90 Å². The molecule has 1 atom stereocenters. The van der Waals surface area contributed by atoms with Gasteiger partial charge in [-0.1, -0.05) is 0 Å². The van der Waals surface area contributed by atoms with Gasteiger partial charge in [0.25, 0.3) is 0 Å². The Balaban J connectivity index is 1.92. The predicted molar refractivity (Wildman–Crippen MR) is 67.7 cm³/mol. The first-order valence-electron chi connectivity index (χ1n) is 5.34. The molecule has 0 saturated carbocycles. The summed E-state index contributed by atoms with van der Waals surface area (Å²) in [7, 11) is 0. The summed E-state index contributed by atoms with van der Waals surface area (Å²) >= 11 is 5.16. The molecule has 1 fully saturated rings. The summed E-state index contributed by atoms with van der Waals surface area (Å²) in [5.74, 6) is -0.839. The number of aliphatic carboxylic acids is 1. The zero-order chi connectivity index (χ0) is 11.5. The van der Waals surface area contributed by atoms with Gasteiger partial charge in [0, 0.05) is 18.0 Å². The van der Waals surface area contributed by atoms with Gasteiger partial charge in [0.15, 0.2) is 0 Å². The van der Waals surface area contributed by atoms with E-state index in [4.69, 9.17) is 5.11 Å². The van der Waals surface area contributed by atoms with Crippen molar-refractivity contribution in [2.75, 3.05) is 13.1 Å². The van der Waals surface area contributed by atoms with Crippen molar-refractivity contribution in [1.82, 2.24) is 4.90 Å². The fraction of sp³-hybridized carbons (Fsp3) is 0.545. The van der Waals surface area contributed by atoms with Crippen LogP contribution in [0.4, 0.5) is 0 Å². The van der Waals surface area contributed by atoms with Crippen LogP contribution in [0.15, 0.2) is 15.9 Å². The van der Waals surface area contributed by atoms with E-state index in [1.165, 1.54) is 4.88 Å². The van der Waals surface area contributed by atoms with Crippen molar-refractivity contribution in [3.8, 4) is 0 Å². The molecule has 88 valence electrons. The fourth-order valence-corrected chi connectivity index (χ4v) is 3.58. The highest BCUT2D eigenvalue weighted by Crippen LogP contribution is 2.25. The van der Waals surface area contributed by atoms with E-state index in [1.54, 1.807) is 11.3 Å². The Hall–Kier alpha value is -0.390. The van der Waals surface area contributed by atoms with Gasteiger partial charge in [-0.25, -0.2) is 0 Å². The summed E-state index contributed by atoms with van der Waals surface area (Å²) in [6.07, 6.45) is 1.81. The lowest BCUT2D eigenvalue weighted by molar-refractivity contribution is -0.143. The zero-order valence-corrected chi connectivity index (χ0v) is 11.3. The van der Waals surface area contributed by atoms with Crippen LogP contribution in [-0.4, -0.2) is 29.1 Å². The summed E-state index contributed by atoms with van der Waals surface area (Å²) in [6, 6.07) is 4.14. The quantitative estimate of drug-likeness (QED) is 0.933. The number of likely N-dealkylation sites (tertiary alicyclic amines) is 1. The lowest BCUT2D eigenvalue weighted by Gasteiger charge is -2.30. The Labute approximate surface area is 107 Å². The van der Waals surface area contributed by atoms with Crippen LogP contribution in [0.25, 0.3) is 0 Å². The van der Waals surface area contributed by atoms with Crippen molar-refractivity contribution in [1.29, 1.82) is 0 Å². The molecule has 0 aromatic carbocycles. The van der Waals surface area contributed by atoms with E-state index < -0.39 is 5.97 Å². The number of piperidine rings is 1. The highest BCUT2D eigenvalue weighted by Gasteiger charge is 2.25. The van der Waals surface area contributed by atoms with Gasteiger partial charge in [0.1, 0.15) is 0 Å². The molecule has 1 aromatic rings. The molecule has 0 aliphatic carbocycles. The van der Waals surface area contributed by atoms with E-state index in [2.05, 4.69) is 26.9 Å². The molecule has 0 radical (unpaired) electrons. The Bertz CT molecular complexity index is 380. The molecule has 1 saturated heterocycles. The maximum atomic E-state index is 10.9. The first-order valence-corrected chi connectivity index (χ1v) is 6.95. The number of halogens is 1. The molecule has 0 unspecified atom stereocenters. The maximum Gasteiger partial charge on any atom is 0.307 e. The van der Waals surface area contributed by atoms with Gasteiger partial charge in [-0.15, -0.1) is 11.3 Å². The molecule has 16 heavy (non-hydrogen) atoms. The van der Waals surface area contributed by atoms with E-state index in [0.29, 0.717) is 6.54 Å². The first-order chi connectivity index (χ1) is 7.65. The molecule has 2 rings (SSSR count). The molecular weight excluding hydrogens is 290 g/mol. The highest BCUT2D eigenvalue weighted by molar-refractivity contribution is 9.11. The topological polar surface area (TPSA) is 40.5 Å². The zero-order valence-electron chi connectivity index (χ0n) is 8.86. The average Bonchev–Trinajstić information content (AvgIpc) is 2.64. The fourth-order valence-electron chi connectivity index (χ4n) is 2.06. The standard InChI is InChI=1S/C11H14BrNO2S/c12-10-4-3-9(16-10)7-13-5-1-2-8(6-13)11(14)15/h3-4,8H,1-2,5-7H2,(H,14,15)/t8-/m1/s1. The molecule has 0 amide bonds. The van der Waals surface area contributed by atoms with E-state index >= 15 is 0 Å². The van der Waals surface area contributed by atoms with Crippen molar-refractivity contribution in [3.63, 3.8) is 0 Å². The highest BCUT2D eigenvalue weighted by atomic mass is 79.9. The van der Waals surface area contributed by atoms with Crippen LogP contribution in [0, 0.1) is 5.92 Å². The molecule has 1 N–H and O–H groups in total. The van der Waals surface area contributed by atoms with Crippen LogP contribution in [0.5, 0.6) is 0 Å². The minimum absolute atomic E-state index is 0.183. The van der Waals surface area contributed by atoms with Crippen LogP contribution in [-0.2, 0) is 11.3 Å². The maximum absolute atomic E-state index is 10.9. The second-order valence-electron chi connectivity index (χ2n) is 4.12. The number of carboxylic acids is 1. The Morgan fingerprint density at radius 2 is 2.44 bits per heavy atom.